The van der Waals surface area contributed by atoms with Crippen LogP contribution in [0.3, 0.4) is 0 Å². The summed E-state index contributed by atoms with van der Waals surface area (Å²) in [5.74, 6) is -1.89. The summed E-state index contributed by atoms with van der Waals surface area (Å²) in [4.78, 5) is 33.5. The topological polar surface area (TPSA) is 77.3 Å². The normalized spacial score (nSPS) is 14.2. The van der Waals surface area contributed by atoms with E-state index in [-0.39, 0.29) is 5.56 Å². The van der Waals surface area contributed by atoms with Crippen LogP contribution in [0.2, 0.25) is 0 Å². The molecule has 0 unspecified atom stereocenters. The maximum atomic E-state index is 11.9. The van der Waals surface area contributed by atoms with Crippen LogP contribution in [0, 0.1) is 10.1 Å². The van der Waals surface area contributed by atoms with Gasteiger partial charge in [0.15, 0.2) is 0 Å². The van der Waals surface area contributed by atoms with Gasteiger partial charge >= 0.3 is 11.5 Å². The summed E-state index contributed by atoms with van der Waals surface area (Å²) in [6.07, 6.45) is 1.18. The molecule has 19 heavy (non-hydrogen) atoms. The van der Waals surface area contributed by atoms with E-state index in [2.05, 4.69) is 0 Å². The smallest absolute Gasteiger partial charge is 0.285 e. The molecule has 0 saturated carbocycles. The predicted octanol–water partition coefficient (Wildman–Crippen LogP) is 2.22. The first-order chi connectivity index (χ1) is 9.09. The van der Waals surface area contributed by atoms with E-state index in [1.54, 1.807) is 18.2 Å². The van der Waals surface area contributed by atoms with E-state index in [9.17, 15) is 19.7 Å². The molecule has 0 saturated heterocycles. The number of hydrogen-bond acceptors (Lipinski definition) is 4. The van der Waals surface area contributed by atoms with Crippen LogP contribution in [0.4, 0.5) is 0 Å². The van der Waals surface area contributed by atoms with Crippen molar-refractivity contribution in [3.63, 3.8) is 0 Å². The third-order valence-corrected chi connectivity index (χ3v) is 3.13. The number of benzene rings is 2. The minimum absolute atomic E-state index is 0.217. The zero-order valence-electron chi connectivity index (χ0n) is 9.62. The number of Topliss-reactive ketones (excluding diaryl/α,β-unsaturated/α-hetero) is 2. The van der Waals surface area contributed by atoms with Crippen molar-refractivity contribution in [2.75, 3.05) is 0 Å². The first-order valence-corrected chi connectivity index (χ1v) is 5.56. The lowest BCUT2D eigenvalue weighted by molar-refractivity contribution is -0.416. The maximum Gasteiger partial charge on any atom is 0.321 e. The number of allylic oxidation sites excluding steroid dienone is 1. The molecule has 0 aliphatic heterocycles. The summed E-state index contributed by atoms with van der Waals surface area (Å²) in [7, 11) is 0. The second-order valence-electron chi connectivity index (χ2n) is 4.19. The minimum atomic E-state index is -1.06. The summed E-state index contributed by atoms with van der Waals surface area (Å²) < 4.78 is 0. The molecule has 5 nitrogen and oxygen atoms in total. The van der Waals surface area contributed by atoms with E-state index in [0.29, 0.717) is 5.56 Å². The van der Waals surface area contributed by atoms with Gasteiger partial charge in [-0.15, -0.1) is 0 Å². The lowest BCUT2D eigenvalue weighted by Gasteiger charge is -2.12. The number of nitro groups is 1. The van der Waals surface area contributed by atoms with Gasteiger partial charge in [-0.25, -0.2) is 0 Å². The summed E-state index contributed by atoms with van der Waals surface area (Å²) in [5.41, 5.74) is -0.0162. The van der Waals surface area contributed by atoms with Crippen LogP contribution in [-0.4, -0.2) is 16.5 Å². The van der Waals surface area contributed by atoms with E-state index in [0.717, 1.165) is 10.8 Å². The Bertz CT molecular complexity index is 789. The Kier molecular flexibility index (Phi) is 2.28. The van der Waals surface area contributed by atoms with Crippen LogP contribution in [0.1, 0.15) is 15.9 Å². The fourth-order valence-corrected chi connectivity index (χ4v) is 2.23. The molecule has 5 heteroatoms. The quantitative estimate of drug-likeness (QED) is 0.443. The number of rotatable bonds is 1. The largest absolute Gasteiger partial charge is 0.321 e. The molecule has 1 aliphatic carbocycles. The lowest BCUT2D eigenvalue weighted by Crippen LogP contribution is -2.25. The molecule has 0 N–H and O–H groups in total. The molecule has 1 aliphatic rings. The molecule has 92 valence electrons. The third kappa shape index (κ3) is 1.55. The lowest BCUT2D eigenvalue weighted by atomic mass is 9.89. The number of carbonyl (C=O) groups excluding carboxylic acids is 2. The van der Waals surface area contributed by atoms with Crippen molar-refractivity contribution in [2.45, 2.75) is 0 Å². The van der Waals surface area contributed by atoms with Gasteiger partial charge in [0.1, 0.15) is 0 Å². The number of carbonyl (C=O) groups is 2. The Morgan fingerprint density at radius 2 is 1.68 bits per heavy atom. The SMILES string of the molecule is O=C1C(=O)c2ccc3ccccc3c2C=C1[N+](=O)[O-]. The monoisotopic (exact) mass is 253 g/mol. The fraction of sp³-hybridized carbons (Fsp3) is 0. The second-order valence-corrected chi connectivity index (χ2v) is 4.19. The predicted molar refractivity (Wildman–Crippen MR) is 68.3 cm³/mol. The van der Waals surface area contributed by atoms with Crippen molar-refractivity contribution < 1.29 is 14.5 Å². The van der Waals surface area contributed by atoms with Gasteiger partial charge in [0.2, 0.25) is 5.78 Å². The van der Waals surface area contributed by atoms with E-state index in [1.165, 1.54) is 12.1 Å². The summed E-state index contributed by atoms with van der Waals surface area (Å²) in [5, 5.41) is 12.4. The van der Waals surface area contributed by atoms with Crippen LogP contribution >= 0.6 is 0 Å². The average molecular weight is 253 g/mol. The van der Waals surface area contributed by atoms with Crippen LogP contribution in [0.5, 0.6) is 0 Å². The van der Waals surface area contributed by atoms with Gasteiger partial charge in [0.25, 0.3) is 0 Å². The Morgan fingerprint density at radius 1 is 0.947 bits per heavy atom. The standard InChI is InChI=1S/C14H7NO4/c16-13-10-6-5-8-3-1-2-4-9(8)11(10)7-12(14(13)17)15(18)19/h1-7H. The van der Waals surface area contributed by atoms with Gasteiger partial charge in [-0.2, -0.15) is 0 Å². The maximum absolute atomic E-state index is 11.9. The van der Waals surface area contributed by atoms with Crippen molar-refractivity contribution in [1.82, 2.24) is 0 Å². The summed E-state index contributed by atoms with van der Waals surface area (Å²) in [6, 6.07) is 10.5. The number of nitrogens with zero attached hydrogens (tertiary/aromatic N) is 1. The molecule has 3 rings (SSSR count). The Morgan fingerprint density at radius 3 is 2.42 bits per heavy atom. The van der Waals surface area contributed by atoms with Crippen molar-refractivity contribution in [1.29, 1.82) is 0 Å². The first kappa shape index (κ1) is 11.3. The van der Waals surface area contributed by atoms with E-state index in [1.807, 2.05) is 12.1 Å². The van der Waals surface area contributed by atoms with Gasteiger partial charge in [0, 0.05) is 17.2 Å². The highest BCUT2D eigenvalue weighted by Gasteiger charge is 2.35. The van der Waals surface area contributed by atoms with Crippen LogP contribution < -0.4 is 0 Å². The Balaban J connectivity index is 2.41. The van der Waals surface area contributed by atoms with Crippen molar-refractivity contribution in [3.8, 4) is 0 Å². The third-order valence-electron chi connectivity index (χ3n) is 3.13. The molecule has 0 aromatic heterocycles. The molecule has 0 amide bonds. The van der Waals surface area contributed by atoms with E-state index >= 15 is 0 Å². The van der Waals surface area contributed by atoms with E-state index in [4.69, 9.17) is 0 Å². The summed E-state index contributed by atoms with van der Waals surface area (Å²) >= 11 is 0. The molecule has 2 aromatic carbocycles. The summed E-state index contributed by atoms with van der Waals surface area (Å²) in [6.45, 7) is 0. The van der Waals surface area contributed by atoms with Gasteiger partial charge in [-0.1, -0.05) is 30.3 Å². The molecule has 0 atom stereocenters. The number of hydrogen-bond donors (Lipinski definition) is 0. The molecule has 0 heterocycles. The molecular weight excluding hydrogens is 246 g/mol. The molecule has 0 spiro atoms. The molecule has 0 radical (unpaired) electrons. The van der Waals surface area contributed by atoms with Crippen molar-refractivity contribution >= 4 is 28.4 Å². The average Bonchev–Trinajstić information content (AvgIpc) is 2.42. The van der Waals surface area contributed by atoms with Crippen molar-refractivity contribution in [3.05, 3.63) is 63.3 Å². The second kappa shape index (κ2) is 3.84. The zero-order valence-corrected chi connectivity index (χ0v) is 9.62. The zero-order chi connectivity index (χ0) is 13.6. The van der Waals surface area contributed by atoms with Gasteiger partial charge in [-0.3, -0.25) is 19.7 Å². The Labute approximate surface area is 107 Å². The van der Waals surface area contributed by atoms with Crippen LogP contribution in [-0.2, 0) is 4.79 Å². The van der Waals surface area contributed by atoms with E-state index < -0.39 is 22.2 Å². The first-order valence-electron chi connectivity index (χ1n) is 5.56. The number of ketones is 2. The van der Waals surface area contributed by atoms with Gasteiger partial charge < -0.3 is 0 Å². The van der Waals surface area contributed by atoms with Gasteiger partial charge in [0.05, 0.1) is 4.92 Å². The van der Waals surface area contributed by atoms with Crippen LogP contribution in [0.25, 0.3) is 16.8 Å². The molecule has 0 fully saturated rings. The molecule has 2 aromatic rings. The minimum Gasteiger partial charge on any atom is -0.285 e. The van der Waals surface area contributed by atoms with Crippen LogP contribution in [0.15, 0.2) is 42.1 Å². The highest BCUT2D eigenvalue weighted by Crippen LogP contribution is 2.29. The molecule has 0 bridgehead atoms. The highest BCUT2D eigenvalue weighted by molar-refractivity contribution is 6.51. The highest BCUT2D eigenvalue weighted by atomic mass is 16.6. The number of fused-ring (bicyclic) bond motifs is 3. The van der Waals surface area contributed by atoms with Gasteiger partial charge in [-0.05, 0) is 16.8 Å². The van der Waals surface area contributed by atoms with Crippen molar-refractivity contribution in [2.24, 2.45) is 0 Å². The Hall–Kier alpha value is -2.82. The fourth-order valence-electron chi connectivity index (χ4n) is 2.23. The molecular formula is C14H7NO4.